The molecule has 2 heterocycles. The average Bonchev–Trinajstić information content (AvgIpc) is 3.11. The Morgan fingerprint density at radius 2 is 1.96 bits per heavy atom. The summed E-state index contributed by atoms with van der Waals surface area (Å²) in [6, 6.07) is 20.3. The zero-order valence-electron chi connectivity index (χ0n) is 14.5. The number of amides is 1. The van der Waals surface area contributed by atoms with Crippen molar-refractivity contribution in [1.29, 1.82) is 0 Å². The van der Waals surface area contributed by atoms with E-state index < -0.39 is 0 Å². The molecule has 1 aliphatic carbocycles. The predicted molar refractivity (Wildman–Crippen MR) is 100 cm³/mol. The molecule has 5 rings (SSSR count). The first kappa shape index (κ1) is 15.7. The van der Waals surface area contributed by atoms with Gasteiger partial charge in [-0.2, -0.15) is 5.21 Å². The van der Waals surface area contributed by atoms with E-state index in [1.165, 1.54) is 5.56 Å². The molecule has 7 heteroatoms. The van der Waals surface area contributed by atoms with Crippen molar-refractivity contribution in [3.8, 4) is 0 Å². The highest BCUT2D eigenvalue weighted by Crippen LogP contribution is 2.40. The van der Waals surface area contributed by atoms with E-state index in [0.29, 0.717) is 24.0 Å². The van der Waals surface area contributed by atoms with Gasteiger partial charge in [-0.3, -0.25) is 4.79 Å². The van der Waals surface area contributed by atoms with Crippen molar-refractivity contribution in [2.45, 2.75) is 24.9 Å². The molecule has 1 aliphatic rings. The minimum Gasteiger partial charge on any atom is -0.347 e. The van der Waals surface area contributed by atoms with Gasteiger partial charge >= 0.3 is 0 Å². The molecule has 7 nitrogen and oxygen atoms in total. The van der Waals surface area contributed by atoms with Crippen LogP contribution < -0.4 is 5.32 Å². The lowest BCUT2D eigenvalue weighted by Gasteiger charge is -2.09. The lowest BCUT2D eigenvalue weighted by atomic mass is 10.1. The Kier molecular flexibility index (Phi) is 3.71. The summed E-state index contributed by atoms with van der Waals surface area (Å²) in [4.78, 5) is 13.0. The predicted octanol–water partition coefficient (Wildman–Crippen LogP) is 2.49. The third-order valence-electron chi connectivity index (χ3n) is 5.07. The number of hydrogen-bond donors (Lipinski definition) is 2. The third kappa shape index (κ3) is 2.97. The van der Waals surface area contributed by atoms with E-state index in [1.54, 1.807) is 0 Å². The molecule has 0 spiro atoms. The second-order valence-corrected chi connectivity index (χ2v) is 6.84. The van der Waals surface area contributed by atoms with Gasteiger partial charge in [0.05, 0.1) is 6.54 Å². The second kappa shape index (κ2) is 6.35. The maximum Gasteiger partial charge on any atom is 0.268 e. The molecular formula is C20H18N6O. The lowest BCUT2D eigenvalue weighted by Crippen LogP contribution is -2.29. The van der Waals surface area contributed by atoms with Gasteiger partial charge in [0.15, 0.2) is 5.82 Å². The van der Waals surface area contributed by atoms with Gasteiger partial charge in [-0.1, -0.05) is 53.7 Å². The summed E-state index contributed by atoms with van der Waals surface area (Å²) in [5, 5.41) is 18.3. The molecule has 1 saturated carbocycles. The van der Waals surface area contributed by atoms with Crippen LogP contribution >= 0.6 is 0 Å². The number of benzene rings is 2. The summed E-state index contributed by atoms with van der Waals surface area (Å²) in [6.45, 7) is 0.388. The number of carbonyl (C=O) groups excluding carboxylic acids is 1. The molecule has 0 radical (unpaired) electrons. The van der Waals surface area contributed by atoms with E-state index >= 15 is 0 Å². The Labute approximate surface area is 155 Å². The minimum atomic E-state index is -0.0712. The zero-order valence-corrected chi connectivity index (χ0v) is 14.5. The fourth-order valence-corrected chi connectivity index (χ4v) is 3.63. The number of para-hydroxylation sites is 1. The van der Waals surface area contributed by atoms with Gasteiger partial charge in [-0.25, -0.2) is 0 Å². The van der Waals surface area contributed by atoms with Crippen LogP contribution in [0, 0.1) is 0 Å². The van der Waals surface area contributed by atoms with Gasteiger partial charge in [0, 0.05) is 22.9 Å². The Bertz CT molecular complexity index is 1090. The second-order valence-electron chi connectivity index (χ2n) is 6.84. The molecule has 0 unspecified atom stereocenters. The van der Waals surface area contributed by atoms with E-state index in [9.17, 15) is 4.79 Å². The van der Waals surface area contributed by atoms with Gasteiger partial charge in [0.1, 0.15) is 5.69 Å². The largest absolute Gasteiger partial charge is 0.347 e. The van der Waals surface area contributed by atoms with Crippen molar-refractivity contribution in [2.75, 3.05) is 0 Å². The summed E-state index contributed by atoms with van der Waals surface area (Å²) in [6.07, 6.45) is 0.973. The molecule has 2 N–H and O–H groups in total. The summed E-state index contributed by atoms with van der Waals surface area (Å²) in [5.74, 6) is 0.863. The summed E-state index contributed by atoms with van der Waals surface area (Å²) >= 11 is 0. The Morgan fingerprint density at radius 1 is 1.15 bits per heavy atom. The molecule has 1 amide bonds. The molecule has 2 atom stereocenters. The van der Waals surface area contributed by atoms with E-state index in [2.05, 4.69) is 38.1 Å². The molecule has 0 aliphatic heterocycles. The number of rotatable bonds is 5. The van der Waals surface area contributed by atoms with Crippen LogP contribution in [0.15, 0.2) is 60.7 Å². The van der Waals surface area contributed by atoms with Gasteiger partial charge in [0.25, 0.3) is 5.91 Å². The first-order valence-corrected chi connectivity index (χ1v) is 8.96. The van der Waals surface area contributed by atoms with Crippen LogP contribution in [0.25, 0.3) is 10.9 Å². The molecule has 2 aromatic carbocycles. The Balaban J connectivity index is 1.41. The number of hydrogen-bond acceptors (Lipinski definition) is 4. The Morgan fingerprint density at radius 3 is 2.78 bits per heavy atom. The lowest BCUT2D eigenvalue weighted by molar-refractivity contribution is 0.0942. The quantitative estimate of drug-likeness (QED) is 0.574. The highest BCUT2D eigenvalue weighted by Gasteiger charge is 2.39. The highest BCUT2D eigenvalue weighted by atomic mass is 16.2. The van der Waals surface area contributed by atoms with Crippen molar-refractivity contribution >= 4 is 16.8 Å². The number of nitrogens with zero attached hydrogens (tertiary/aromatic N) is 4. The summed E-state index contributed by atoms with van der Waals surface area (Å²) in [7, 11) is 0. The molecule has 1 fully saturated rings. The minimum absolute atomic E-state index is 0.0712. The average molecular weight is 358 g/mol. The van der Waals surface area contributed by atoms with E-state index in [-0.39, 0.29) is 11.9 Å². The number of nitrogens with one attached hydrogen (secondary N) is 2. The first-order valence-electron chi connectivity index (χ1n) is 8.96. The number of H-pyrrole nitrogens is 1. The van der Waals surface area contributed by atoms with Gasteiger partial charge in [0.2, 0.25) is 0 Å². The van der Waals surface area contributed by atoms with Gasteiger partial charge in [-0.15, -0.1) is 10.2 Å². The number of aromatic amines is 1. The SMILES string of the molecule is O=C(N[C@H]1C[C@@H]1c1ccccc1)c1cc2ccccc2n1Cc1nn[nH]n1. The molecular weight excluding hydrogens is 340 g/mol. The van der Waals surface area contributed by atoms with Crippen molar-refractivity contribution in [3.05, 3.63) is 77.7 Å². The van der Waals surface area contributed by atoms with E-state index in [1.807, 2.05) is 53.1 Å². The van der Waals surface area contributed by atoms with Crippen LogP contribution in [0.4, 0.5) is 0 Å². The number of carbonyl (C=O) groups is 1. The van der Waals surface area contributed by atoms with Crippen molar-refractivity contribution in [1.82, 2.24) is 30.5 Å². The van der Waals surface area contributed by atoms with E-state index in [4.69, 9.17) is 0 Å². The molecule has 2 aromatic heterocycles. The van der Waals surface area contributed by atoms with Crippen LogP contribution in [-0.4, -0.2) is 37.1 Å². The first-order chi connectivity index (χ1) is 13.3. The van der Waals surface area contributed by atoms with Crippen LogP contribution in [-0.2, 0) is 6.54 Å². The fraction of sp³-hybridized carbons (Fsp3) is 0.200. The number of tetrazole rings is 1. The highest BCUT2D eigenvalue weighted by molar-refractivity contribution is 5.99. The summed E-state index contributed by atoms with van der Waals surface area (Å²) in [5.41, 5.74) is 2.86. The standard InChI is InChI=1S/C20H18N6O/c27-20(21-16-11-15(16)13-6-2-1-3-7-13)18-10-14-8-4-5-9-17(14)26(18)12-19-22-24-25-23-19/h1-10,15-16H,11-12H2,(H,21,27)(H,22,23,24,25)/t15-,16+/m1/s1. The topological polar surface area (TPSA) is 88.5 Å². The molecule has 4 aromatic rings. The molecule has 0 bridgehead atoms. The van der Waals surface area contributed by atoms with Gasteiger partial charge < -0.3 is 9.88 Å². The van der Waals surface area contributed by atoms with Crippen LogP contribution in [0.1, 0.15) is 34.2 Å². The van der Waals surface area contributed by atoms with Crippen molar-refractivity contribution < 1.29 is 4.79 Å². The van der Waals surface area contributed by atoms with Crippen LogP contribution in [0.3, 0.4) is 0 Å². The maximum atomic E-state index is 13.0. The third-order valence-corrected chi connectivity index (χ3v) is 5.07. The molecule has 0 saturated heterocycles. The van der Waals surface area contributed by atoms with Crippen LogP contribution in [0.2, 0.25) is 0 Å². The number of aromatic nitrogens is 5. The smallest absolute Gasteiger partial charge is 0.268 e. The Hall–Kier alpha value is -3.48. The molecule has 27 heavy (non-hydrogen) atoms. The molecule has 134 valence electrons. The van der Waals surface area contributed by atoms with Crippen molar-refractivity contribution in [3.63, 3.8) is 0 Å². The normalized spacial score (nSPS) is 18.5. The number of fused-ring (bicyclic) bond motifs is 1. The monoisotopic (exact) mass is 358 g/mol. The fourth-order valence-electron chi connectivity index (χ4n) is 3.63. The van der Waals surface area contributed by atoms with Crippen LogP contribution in [0.5, 0.6) is 0 Å². The van der Waals surface area contributed by atoms with E-state index in [0.717, 1.165) is 17.3 Å². The maximum absolute atomic E-state index is 13.0. The van der Waals surface area contributed by atoms with Gasteiger partial charge in [-0.05, 0) is 24.1 Å². The summed E-state index contributed by atoms with van der Waals surface area (Å²) < 4.78 is 1.94. The zero-order chi connectivity index (χ0) is 18.2. The van der Waals surface area contributed by atoms with Crippen molar-refractivity contribution in [2.24, 2.45) is 0 Å².